The molecule has 4 rings (SSSR count). The second kappa shape index (κ2) is 8.62. The van der Waals surface area contributed by atoms with Crippen molar-refractivity contribution < 1.29 is 9.34 Å². The summed E-state index contributed by atoms with van der Waals surface area (Å²) < 4.78 is 6.18. The molecular formula is C22H22N4O3S. The third-order valence-electron chi connectivity index (χ3n) is 5.23. The lowest BCUT2D eigenvalue weighted by atomic mass is 10.0. The fraction of sp³-hybridized carbons (Fsp3) is 0.273. The Kier molecular flexibility index (Phi) is 5.76. The van der Waals surface area contributed by atoms with Gasteiger partial charge in [-0.1, -0.05) is 31.5 Å². The third kappa shape index (κ3) is 3.78. The normalized spacial score (nSPS) is 18.4. The molecule has 0 radical (unpaired) electrons. The summed E-state index contributed by atoms with van der Waals surface area (Å²) in [6, 6.07) is 15.7. The van der Waals surface area contributed by atoms with Gasteiger partial charge < -0.3 is 14.6 Å². The zero-order chi connectivity index (χ0) is 21.1. The molecule has 2 atom stereocenters. The quantitative estimate of drug-likeness (QED) is 0.325. The number of hydrogen-bond acceptors (Lipinski definition) is 5. The summed E-state index contributed by atoms with van der Waals surface area (Å²) in [5.41, 5.74) is 1.34. The summed E-state index contributed by atoms with van der Waals surface area (Å²) >= 11 is 5.62. The van der Waals surface area contributed by atoms with Crippen LogP contribution in [0.5, 0.6) is 0 Å². The molecule has 1 aliphatic rings. The standard InChI is InChI=1S/C22H22N4O3S/c1-2-3-14-25-21(20(24-22(25)30)16-9-6-7-13-23-16)19-12-11-18(29-19)15-8-4-5-10-17(15)26(27)28/h4-13,20-21H,2-3,14H2,1H3,(H,24,30)/t20-,21+/m0/s1. The van der Waals surface area contributed by atoms with Crippen LogP contribution in [0.15, 0.2) is 65.2 Å². The predicted octanol–water partition coefficient (Wildman–Crippen LogP) is 5.02. The average Bonchev–Trinajstić information content (AvgIpc) is 3.37. The van der Waals surface area contributed by atoms with Gasteiger partial charge in [0.05, 0.1) is 22.2 Å². The van der Waals surface area contributed by atoms with Crippen LogP contribution in [0.3, 0.4) is 0 Å². The molecule has 7 nitrogen and oxygen atoms in total. The van der Waals surface area contributed by atoms with Gasteiger partial charge in [-0.05, 0) is 49.0 Å². The van der Waals surface area contributed by atoms with E-state index in [0.717, 1.165) is 25.1 Å². The molecule has 3 aromatic rings. The highest BCUT2D eigenvalue weighted by molar-refractivity contribution is 7.80. The summed E-state index contributed by atoms with van der Waals surface area (Å²) in [7, 11) is 0. The molecule has 0 spiro atoms. The lowest BCUT2D eigenvalue weighted by molar-refractivity contribution is -0.384. The summed E-state index contributed by atoms with van der Waals surface area (Å²) in [5.74, 6) is 1.16. The Morgan fingerprint density at radius 1 is 1.20 bits per heavy atom. The molecular weight excluding hydrogens is 400 g/mol. The van der Waals surface area contributed by atoms with Crippen molar-refractivity contribution in [1.82, 2.24) is 15.2 Å². The van der Waals surface area contributed by atoms with Crippen LogP contribution in [0.2, 0.25) is 0 Å². The van der Waals surface area contributed by atoms with E-state index in [0.29, 0.717) is 22.2 Å². The van der Waals surface area contributed by atoms with Crippen LogP contribution in [-0.2, 0) is 0 Å². The molecule has 0 saturated carbocycles. The van der Waals surface area contributed by atoms with Gasteiger partial charge >= 0.3 is 0 Å². The minimum absolute atomic E-state index is 0.0163. The maximum atomic E-state index is 11.4. The molecule has 1 saturated heterocycles. The Hall–Kier alpha value is -3.26. The highest BCUT2D eigenvalue weighted by Gasteiger charge is 2.41. The van der Waals surface area contributed by atoms with Gasteiger partial charge in [-0.25, -0.2) is 0 Å². The fourth-order valence-corrected chi connectivity index (χ4v) is 4.11. The predicted molar refractivity (Wildman–Crippen MR) is 118 cm³/mol. The van der Waals surface area contributed by atoms with Gasteiger partial charge in [0, 0.05) is 18.8 Å². The zero-order valence-corrected chi connectivity index (χ0v) is 17.3. The summed E-state index contributed by atoms with van der Waals surface area (Å²) in [6.45, 7) is 2.93. The molecule has 30 heavy (non-hydrogen) atoms. The Balaban J connectivity index is 1.74. The smallest absolute Gasteiger partial charge is 0.280 e. The third-order valence-corrected chi connectivity index (χ3v) is 5.59. The molecule has 0 unspecified atom stereocenters. The minimum atomic E-state index is -0.395. The molecule has 1 aromatic carbocycles. The summed E-state index contributed by atoms with van der Waals surface area (Å²) in [4.78, 5) is 17.7. The summed E-state index contributed by atoms with van der Waals surface area (Å²) in [6.07, 6.45) is 3.79. The van der Waals surface area contributed by atoms with E-state index in [9.17, 15) is 10.1 Å². The molecule has 0 aliphatic carbocycles. The maximum absolute atomic E-state index is 11.4. The molecule has 2 aromatic heterocycles. The fourth-order valence-electron chi connectivity index (χ4n) is 3.78. The van der Waals surface area contributed by atoms with Gasteiger partial charge in [0.15, 0.2) is 5.11 Å². The monoisotopic (exact) mass is 422 g/mol. The maximum Gasteiger partial charge on any atom is 0.280 e. The van der Waals surface area contributed by atoms with Crippen molar-refractivity contribution in [3.63, 3.8) is 0 Å². The first kappa shape index (κ1) is 20.0. The first-order chi connectivity index (χ1) is 14.6. The second-order valence-corrected chi connectivity index (χ2v) is 7.54. The van der Waals surface area contributed by atoms with Gasteiger partial charge in [0.1, 0.15) is 17.6 Å². The Bertz CT molecular complexity index is 1050. The molecule has 3 heterocycles. The molecule has 1 N–H and O–H groups in total. The number of unbranched alkanes of at least 4 members (excludes halogenated alkanes) is 1. The van der Waals surface area contributed by atoms with E-state index in [1.807, 2.05) is 24.3 Å². The Labute approximate surface area is 179 Å². The number of nitrogens with zero attached hydrogens (tertiary/aromatic N) is 3. The van der Waals surface area contributed by atoms with E-state index < -0.39 is 4.92 Å². The number of furan rings is 1. The topological polar surface area (TPSA) is 84.4 Å². The van der Waals surface area contributed by atoms with Crippen LogP contribution in [0.1, 0.15) is 43.3 Å². The van der Waals surface area contributed by atoms with Crippen LogP contribution in [0.4, 0.5) is 5.69 Å². The number of benzene rings is 1. The highest BCUT2D eigenvalue weighted by Crippen LogP contribution is 2.41. The molecule has 8 heteroatoms. The molecule has 0 bridgehead atoms. The number of aromatic nitrogens is 1. The molecule has 1 fully saturated rings. The summed E-state index contributed by atoms with van der Waals surface area (Å²) in [5, 5.41) is 15.5. The van der Waals surface area contributed by atoms with Crippen LogP contribution in [-0.4, -0.2) is 26.5 Å². The van der Waals surface area contributed by atoms with Gasteiger partial charge in [-0.15, -0.1) is 0 Å². The van der Waals surface area contributed by atoms with Crippen molar-refractivity contribution in [1.29, 1.82) is 0 Å². The van der Waals surface area contributed by atoms with E-state index in [4.69, 9.17) is 16.6 Å². The number of thiocarbonyl (C=S) groups is 1. The number of nitro benzene ring substituents is 1. The minimum Gasteiger partial charge on any atom is -0.459 e. The largest absolute Gasteiger partial charge is 0.459 e. The zero-order valence-electron chi connectivity index (χ0n) is 16.5. The lowest BCUT2D eigenvalue weighted by Crippen LogP contribution is -2.30. The Morgan fingerprint density at radius 3 is 2.73 bits per heavy atom. The number of pyridine rings is 1. The van der Waals surface area contributed by atoms with Crippen molar-refractivity contribution in [2.45, 2.75) is 31.8 Å². The number of nitrogens with one attached hydrogen (secondary N) is 1. The molecule has 1 aliphatic heterocycles. The van der Waals surface area contributed by atoms with Crippen LogP contribution < -0.4 is 5.32 Å². The van der Waals surface area contributed by atoms with Crippen LogP contribution >= 0.6 is 12.2 Å². The van der Waals surface area contributed by atoms with Gasteiger partial charge in [-0.2, -0.15) is 0 Å². The average molecular weight is 423 g/mol. The van der Waals surface area contributed by atoms with E-state index in [-0.39, 0.29) is 17.8 Å². The van der Waals surface area contributed by atoms with Crippen molar-refractivity contribution >= 4 is 23.0 Å². The van der Waals surface area contributed by atoms with E-state index >= 15 is 0 Å². The Morgan fingerprint density at radius 2 is 2.00 bits per heavy atom. The number of nitro groups is 1. The van der Waals surface area contributed by atoms with Crippen molar-refractivity contribution in [2.24, 2.45) is 0 Å². The highest BCUT2D eigenvalue weighted by atomic mass is 32.1. The molecule has 154 valence electrons. The molecule has 0 amide bonds. The number of para-hydroxylation sites is 1. The van der Waals surface area contributed by atoms with E-state index in [1.165, 1.54) is 6.07 Å². The van der Waals surface area contributed by atoms with Gasteiger partial charge in [-0.3, -0.25) is 15.1 Å². The van der Waals surface area contributed by atoms with Gasteiger partial charge in [0.25, 0.3) is 5.69 Å². The SMILES string of the molecule is CCCCN1C(=S)N[C@@H](c2ccccn2)[C@H]1c1ccc(-c2ccccc2[N+](=O)[O-])o1. The number of hydrogen-bond donors (Lipinski definition) is 1. The van der Waals surface area contributed by atoms with Crippen LogP contribution in [0, 0.1) is 10.1 Å². The van der Waals surface area contributed by atoms with Crippen molar-refractivity contribution in [3.05, 3.63) is 82.4 Å². The van der Waals surface area contributed by atoms with Crippen molar-refractivity contribution in [3.8, 4) is 11.3 Å². The number of rotatable bonds is 7. The lowest BCUT2D eigenvalue weighted by Gasteiger charge is -2.25. The van der Waals surface area contributed by atoms with E-state index in [2.05, 4.69) is 22.1 Å². The van der Waals surface area contributed by atoms with Crippen molar-refractivity contribution in [2.75, 3.05) is 6.54 Å². The van der Waals surface area contributed by atoms with Crippen LogP contribution in [0.25, 0.3) is 11.3 Å². The first-order valence-corrected chi connectivity index (χ1v) is 10.3. The van der Waals surface area contributed by atoms with E-state index in [1.54, 1.807) is 30.5 Å². The first-order valence-electron chi connectivity index (χ1n) is 9.91. The second-order valence-electron chi connectivity index (χ2n) is 7.15. The van der Waals surface area contributed by atoms with Gasteiger partial charge in [0.2, 0.25) is 0 Å².